The molecule has 0 fully saturated rings. The molecule has 56 heavy (non-hydrogen) atoms. The Balaban J connectivity index is 0.000000820. The molecule has 3 rings (SSSR count). The van der Waals surface area contributed by atoms with Gasteiger partial charge in [0.15, 0.2) is 0 Å². The first-order valence-electron chi connectivity index (χ1n) is 22.7. The summed E-state index contributed by atoms with van der Waals surface area (Å²) in [6.45, 7) is 17.8. The van der Waals surface area contributed by atoms with Crippen molar-refractivity contribution >= 4 is 22.8 Å². The average Bonchev–Trinajstić information content (AvgIpc) is 3.16. The molecule has 0 saturated carbocycles. The minimum Gasteiger partial charge on any atom is -0.873 e. The molecule has 0 aliphatic heterocycles. The number of aliphatic imine (C=N–C) groups is 2. The summed E-state index contributed by atoms with van der Waals surface area (Å²) in [5.74, 6) is -0.732. The van der Waals surface area contributed by atoms with Gasteiger partial charge in [-0.2, -0.15) is 0 Å². The van der Waals surface area contributed by atoms with Crippen molar-refractivity contribution in [2.24, 2.45) is 9.98 Å². The molecule has 0 saturated heterocycles. The Morgan fingerprint density at radius 1 is 0.393 bits per heavy atom. The first-order valence-corrected chi connectivity index (χ1v) is 22.7. The number of aryl methyl sites for hydroxylation is 6. The molecule has 0 heterocycles. The van der Waals surface area contributed by atoms with Crippen LogP contribution in [0.15, 0.2) is 58.5 Å². The average molecular weight is 810 g/mol. The van der Waals surface area contributed by atoms with Gasteiger partial charge < -0.3 is 10.2 Å². The van der Waals surface area contributed by atoms with Gasteiger partial charge in [-0.05, 0) is 128 Å². The van der Waals surface area contributed by atoms with Crippen molar-refractivity contribution in [1.82, 2.24) is 0 Å². The molecule has 0 amide bonds. The van der Waals surface area contributed by atoms with Crippen LogP contribution in [0.25, 0.3) is 0 Å². The molecule has 0 aliphatic carbocycles. The van der Waals surface area contributed by atoms with Gasteiger partial charge in [0.1, 0.15) is 0 Å². The Morgan fingerprint density at radius 3 is 1.18 bits per heavy atom. The SMILES string of the molecule is CCCCCCCCC(=Nc1cc(CCC)cc(CCC)c1)C(CCCC)=Nc1cc(CCC)cc(CCC)c1.CCCCCc1cc([O-])c([O-])cc1CC.[Ni+2]. The molecule has 5 heteroatoms. The van der Waals surface area contributed by atoms with Gasteiger partial charge in [-0.3, -0.25) is 9.98 Å². The molecule has 0 N–H and O–H groups in total. The summed E-state index contributed by atoms with van der Waals surface area (Å²) in [5.41, 5.74) is 12.5. The number of hydrogen-bond acceptors (Lipinski definition) is 4. The van der Waals surface area contributed by atoms with Gasteiger partial charge in [-0.15, -0.1) is 11.5 Å². The maximum absolute atomic E-state index is 11.2. The Morgan fingerprint density at radius 2 is 0.768 bits per heavy atom. The van der Waals surface area contributed by atoms with Crippen molar-refractivity contribution in [3.63, 3.8) is 0 Å². The minimum atomic E-state index is -0.369. The maximum Gasteiger partial charge on any atom is 2.00 e. The van der Waals surface area contributed by atoms with Gasteiger partial charge in [-0.1, -0.05) is 157 Å². The van der Waals surface area contributed by atoms with Crippen LogP contribution in [-0.2, 0) is 55.0 Å². The summed E-state index contributed by atoms with van der Waals surface area (Å²) in [7, 11) is 0. The van der Waals surface area contributed by atoms with E-state index in [2.05, 4.69) is 84.9 Å². The zero-order chi connectivity index (χ0) is 40.3. The van der Waals surface area contributed by atoms with E-state index < -0.39 is 0 Å². The summed E-state index contributed by atoms with van der Waals surface area (Å²) in [5, 5.41) is 22.4. The first kappa shape index (κ1) is 51.1. The fourth-order valence-electron chi connectivity index (χ4n) is 7.38. The zero-order valence-electron chi connectivity index (χ0n) is 36.9. The molecule has 3 aromatic rings. The van der Waals surface area contributed by atoms with Gasteiger partial charge in [0.25, 0.3) is 0 Å². The fraction of sp³-hybridized carbons (Fsp3) is 0.608. The van der Waals surface area contributed by atoms with Crippen molar-refractivity contribution in [1.29, 1.82) is 0 Å². The van der Waals surface area contributed by atoms with Gasteiger partial charge in [0.2, 0.25) is 0 Å². The molecule has 0 spiro atoms. The predicted octanol–water partition coefficient (Wildman–Crippen LogP) is 14.4. The van der Waals surface area contributed by atoms with Gasteiger partial charge in [0.05, 0.1) is 22.8 Å². The van der Waals surface area contributed by atoms with Crippen LogP contribution in [0, 0.1) is 0 Å². The van der Waals surface area contributed by atoms with Crippen molar-refractivity contribution in [3.8, 4) is 11.5 Å². The van der Waals surface area contributed by atoms with Crippen molar-refractivity contribution in [2.75, 3.05) is 0 Å². The largest absolute Gasteiger partial charge is 2.00 e. The number of unbranched alkanes of at least 4 members (excludes halogenated alkanes) is 8. The molecule has 0 aliphatic rings. The molecule has 0 unspecified atom stereocenters. The summed E-state index contributed by atoms with van der Waals surface area (Å²) < 4.78 is 0. The topological polar surface area (TPSA) is 70.8 Å². The van der Waals surface area contributed by atoms with E-state index in [0.29, 0.717) is 0 Å². The Hall–Kier alpha value is -2.91. The van der Waals surface area contributed by atoms with E-state index in [1.54, 1.807) is 0 Å². The minimum absolute atomic E-state index is 0. The van der Waals surface area contributed by atoms with E-state index in [0.717, 1.165) is 86.7 Å². The third-order valence-electron chi connectivity index (χ3n) is 10.3. The van der Waals surface area contributed by atoms with Gasteiger partial charge in [-0.25, -0.2) is 0 Å². The normalized spacial score (nSPS) is 11.6. The third kappa shape index (κ3) is 20.0. The monoisotopic (exact) mass is 809 g/mol. The standard InChI is InChI=1S/C38H60N2.C13H20O2.Ni/c1-7-13-15-16-17-18-24-38(40-36-29-33(21-11-5)26-34(30-36)22-12-6)37(23-14-8-2)39-35-27-31(19-9-3)25-32(28-35)20-10-4;1-3-5-6-7-11-9-13(15)12(14)8-10(11)4-2;/h25-30H,7-24H2,1-6H3;8-9,14-15H,3-7H2,1-2H3;/q;;+2/p-2. The summed E-state index contributed by atoms with van der Waals surface area (Å²) in [4.78, 5) is 10.8. The van der Waals surface area contributed by atoms with Crippen LogP contribution in [0.1, 0.15) is 198 Å². The summed E-state index contributed by atoms with van der Waals surface area (Å²) >= 11 is 0. The molecular formula is C51H78N2NiO2. The molecular weight excluding hydrogens is 731 g/mol. The van der Waals surface area contributed by atoms with E-state index >= 15 is 0 Å². The van der Waals surface area contributed by atoms with Crippen LogP contribution in [0.3, 0.4) is 0 Å². The maximum atomic E-state index is 11.2. The van der Waals surface area contributed by atoms with Crippen molar-refractivity contribution < 1.29 is 26.7 Å². The first-order chi connectivity index (χ1) is 26.7. The second-order valence-electron chi connectivity index (χ2n) is 15.6. The van der Waals surface area contributed by atoms with Crippen LogP contribution >= 0.6 is 0 Å². The van der Waals surface area contributed by atoms with Crippen LogP contribution in [0.2, 0.25) is 0 Å². The van der Waals surface area contributed by atoms with Crippen LogP contribution in [0.5, 0.6) is 11.5 Å². The predicted molar refractivity (Wildman–Crippen MR) is 239 cm³/mol. The van der Waals surface area contributed by atoms with E-state index in [4.69, 9.17) is 9.98 Å². The van der Waals surface area contributed by atoms with Gasteiger partial charge >= 0.3 is 16.5 Å². The second-order valence-corrected chi connectivity index (χ2v) is 15.6. The van der Waals surface area contributed by atoms with Crippen molar-refractivity contribution in [2.45, 2.75) is 203 Å². The van der Waals surface area contributed by atoms with Crippen LogP contribution in [0.4, 0.5) is 11.4 Å². The third-order valence-corrected chi connectivity index (χ3v) is 10.3. The molecule has 314 valence electrons. The molecule has 3 aromatic carbocycles. The second kappa shape index (κ2) is 31.1. The molecule has 0 aromatic heterocycles. The van der Waals surface area contributed by atoms with Crippen molar-refractivity contribution in [3.05, 3.63) is 81.9 Å². The number of nitrogens with zero attached hydrogens (tertiary/aromatic N) is 2. The smallest absolute Gasteiger partial charge is 0.873 e. The van der Waals surface area contributed by atoms with Crippen LogP contribution < -0.4 is 10.2 Å². The number of rotatable bonds is 26. The molecule has 0 atom stereocenters. The molecule has 0 bridgehead atoms. The Labute approximate surface area is 354 Å². The quantitative estimate of drug-likeness (QED) is 0.0460. The van der Waals surface area contributed by atoms with Crippen LogP contribution in [-0.4, -0.2) is 11.4 Å². The number of benzene rings is 3. The van der Waals surface area contributed by atoms with E-state index in [-0.39, 0.29) is 28.0 Å². The van der Waals surface area contributed by atoms with Gasteiger partial charge in [0, 0.05) is 0 Å². The number of hydrogen-bond donors (Lipinski definition) is 0. The van der Waals surface area contributed by atoms with E-state index in [1.165, 1.54) is 129 Å². The molecule has 4 nitrogen and oxygen atoms in total. The Kier molecular flexibility index (Phi) is 28.4. The van der Waals surface area contributed by atoms with E-state index in [1.807, 2.05) is 6.92 Å². The van der Waals surface area contributed by atoms with E-state index in [9.17, 15) is 10.2 Å². The summed E-state index contributed by atoms with van der Waals surface area (Å²) in [6.07, 6.45) is 26.5. The summed E-state index contributed by atoms with van der Waals surface area (Å²) in [6, 6.07) is 17.2. The zero-order valence-corrected chi connectivity index (χ0v) is 37.9. The fourth-order valence-corrected chi connectivity index (χ4v) is 7.38. The Bertz CT molecular complexity index is 1510. The molecule has 0 radical (unpaired) electrons.